The molecule has 0 bridgehead atoms. The van der Waals surface area contributed by atoms with Gasteiger partial charge in [-0.15, -0.1) is 0 Å². The Hall–Kier alpha value is -2.46. The summed E-state index contributed by atoms with van der Waals surface area (Å²) in [5.41, 5.74) is 8.58. The zero-order chi connectivity index (χ0) is 24.2. The highest BCUT2D eigenvalue weighted by Crippen LogP contribution is 2.22. The molecule has 1 saturated heterocycles. The summed E-state index contributed by atoms with van der Waals surface area (Å²) in [5, 5.41) is 8.11. The van der Waals surface area contributed by atoms with Crippen molar-refractivity contribution in [3.05, 3.63) is 72.4 Å². The lowest BCUT2D eigenvalue weighted by Gasteiger charge is -2.32. The van der Waals surface area contributed by atoms with E-state index in [1.54, 1.807) is 18.2 Å². The first-order chi connectivity index (χ1) is 15.5. The summed E-state index contributed by atoms with van der Waals surface area (Å²) in [6.45, 7) is 18.0. The molecule has 0 amide bonds. The third kappa shape index (κ3) is 13.1. The molecule has 0 aromatic rings. The van der Waals surface area contributed by atoms with Crippen LogP contribution in [0.1, 0.15) is 60.3 Å². The number of piperidine rings is 1. The van der Waals surface area contributed by atoms with Crippen LogP contribution >= 0.6 is 0 Å². The standard InChI is InChI=1S/C26H40N4.C2H6/c1-5-10-22(8-4)21-30-19-16-23(17-20-30)13-9-18-29-26(28)15-14-25(27)24(11-6-2)12-7-3;1-2/h5-8,10-12,14-15,23,27H,2,9,13,16-21H2,1,3-4H3,(H2,28,29);1-2H3/b10-5-,12-7-,15-14-,22-8+,24-11+,27-25?;. The minimum absolute atomic E-state index is 0.397. The predicted molar refractivity (Wildman–Crippen MR) is 145 cm³/mol. The lowest BCUT2D eigenvalue weighted by atomic mass is 9.92. The van der Waals surface area contributed by atoms with Gasteiger partial charge in [-0.3, -0.25) is 9.89 Å². The van der Waals surface area contributed by atoms with Crippen molar-refractivity contribution in [3.8, 4) is 0 Å². The van der Waals surface area contributed by atoms with Crippen molar-refractivity contribution < 1.29 is 0 Å². The Morgan fingerprint density at radius 1 is 1.06 bits per heavy atom. The van der Waals surface area contributed by atoms with Crippen molar-refractivity contribution in [1.82, 2.24) is 4.90 Å². The van der Waals surface area contributed by atoms with Gasteiger partial charge in [0.15, 0.2) is 0 Å². The fourth-order valence-corrected chi connectivity index (χ4v) is 3.59. The molecule has 0 atom stereocenters. The van der Waals surface area contributed by atoms with Gasteiger partial charge in [-0.1, -0.05) is 63.0 Å². The maximum Gasteiger partial charge on any atom is 0.118 e. The van der Waals surface area contributed by atoms with E-state index >= 15 is 0 Å². The second kappa shape index (κ2) is 19.2. The Bertz CT molecular complexity index is 712. The van der Waals surface area contributed by atoms with E-state index in [4.69, 9.17) is 11.1 Å². The van der Waals surface area contributed by atoms with Gasteiger partial charge in [-0.25, -0.2) is 0 Å². The molecular weight excluding hydrogens is 392 g/mol. The Labute approximate surface area is 197 Å². The molecule has 3 N–H and O–H groups in total. The Morgan fingerprint density at radius 2 is 1.72 bits per heavy atom. The summed E-state index contributed by atoms with van der Waals surface area (Å²) in [5.74, 6) is 1.28. The maximum absolute atomic E-state index is 8.11. The molecular formula is C28H46N4. The number of rotatable bonds is 12. The van der Waals surface area contributed by atoms with E-state index in [-0.39, 0.29) is 0 Å². The van der Waals surface area contributed by atoms with Crippen molar-refractivity contribution >= 4 is 11.5 Å². The third-order valence-electron chi connectivity index (χ3n) is 5.31. The molecule has 0 aromatic heterocycles. The molecule has 0 aliphatic carbocycles. The van der Waals surface area contributed by atoms with Crippen molar-refractivity contribution in [2.24, 2.45) is 16.6 Å². The molecule has 1 heterocycles. The van der Waals surface area contributed by atoms with Gasteiger partial charge in [0.2, 0.25) is 0 Å². The fraction of sp³-hybridized carbons (Fsp3) is 0.500. The molecule has 0 unspecified atom stereocenters. The zero-order valence-corrected chi connectivity index (χ0v) is 21.1. The van der Waals surface area contributed by atoms with Crippen LogP contribution in [0.15, 0.2) is 77.4 Å². The summed E-state index contributed by atoms with van der Waals surface area (Å²) >= 11 is 0. The lowest BCUT2D eigenvalue weighted by Crippen LogP contribution is -2.34. The first-order valence-electron chi connectivity index (χ1n) is 12.1. The third-order valence-corrected chi connectivity index (χ3v) is 5.31. The van der Waals surface area contributed by atoms with E-state index in [0.29, 0.717) is 11.5 Å². The molecule has 4 heteroatoms. The van der Waals surface area contributed by atoms with E-state index in [9.17, 15) is 0 Å². The number of allylic oxidation sites excluding steroid dienone is 8. The van der Waals surface area contributed by atoms with Crippen LogP contribution in [0.3, 0.4) is 0 Å². The van der Waals surface area contributed by atoms with E-state index in [1.165, 1.54) is 37.9 Å². The van der Waals surface area contributed by atoms with Crippen molar-refractivity contribution in [3.63, 3.8) is 0 Å². The molecule has 0 saturated carbocycles. The summed E-state index contributed by atoms with van der Waals surface area (Å²) < 4.78 is 0. The van der Waals surface area contributed by atoms with Gasteiger partial charge in [0.05, 0.1) is 5.71 Å². The normalized spacial score (nSPS) is 17.2. The second-order valence-corrected chi connectivity index (χ2v) is 7.64. The van der Waals surface area contributed by atoms with Gasteiger partial charge in [0.1, 0.15) is 5.84 Å². The zero-order valence-electron chi connectivity index (χ0n) is 21.1. The van der Waals surface area contributed by atoms with E-state index in [0.717, 1.165) is 31.0 Å². The van der Waals surface area contributed by atoms with Crippen molar-refractivity contribution in [1.29, 1.82) is 5.41 Å². The highest BCUT2D eigenvalue weighted by molar-refractivity contribution is 6.11. The largest absolute Gasteiger partial charge is 0.384 e. The Kier molecular flexibility index (Phi) is 17.8. The van der Waals surface area contributed by atoms with Crippen LogP contribution in [0.2, 0.25) is 0 Å². The van der Waals surface area contributed by atoms with Gasteiger partial charge in [0, 0.05) is 13.1 Å². The van der Waals surface area contributed by atoms with Crippen LogP contribution < -0.4 is 5.73 Å². The number of amidine groups is 1. The summed E-state index contributed by atoms with van der Waals surface area (Å²) in [7, 11) is 0. The highest BCUT2D eigenvalue weighted by atomic mass is 15.1. The highest BCUT2D eigenvalue weighted by Gasteiger charge is 2.18. The number of likely N-dealkylation sites (tertiary alicyclic amines) is 1. The van der Waals surface area contributed by atoms with Crippen LogP contribution in [-0.4, -0.2) is 42.6 Å². The maximum atomic E-state index is 8.11. The monoisotopic (exact) mass is 438 g/mol. The molecule has 1 aliphatic rings. The molecule has 0 aromatic carbocycles. The van der Waals surface area contributed by atoms with Gasteiger partial charge in [0.25, 0.3) is 0 Å². The van der Waals surface area contributed by atoms with Gasteiger partial charge >= 0.3 is 0 Å². The number of hydrogen-bond acceptors (Lipinski definition) is 3. The molecule has 0 radical (unpaired) electrons. The van der Waals surface area contributed by atoms with E-state index in [1.807, 2.05) is 39.0 Å². The summed E-state index contributed by atoms with van der Waals surface area (Å²) in [6.07, 6.45) is 22.0. The van der Waals surface area contributed by atoms with Gasteiger partial charge in [-0.2, -0.15) is 0 Å². The first-order valence-corrected chi connectivity index (χ1v) is 12.1. The Balaban J connectivity index is 0.00000466. The summed E-state index contributed by atoms with van der Waals surface area (Å²) in [6, 6.07) is 0. The second-order valence-electron chi connectivity index (χ2n) is 7.64. The molecule has 0 spiro atoms. The molecule has 1 aliphatic heterocycles. The van der Waals surface area contributed by atoms with E-state index < -0.39 is 0 Å². The first kappa shape index (κ1) is 29.5. The smallest absolute Gasteiger partial charge is 0.118 e. The Morgan fingerprint density at radius 3 is 2.28 bits per heavy atom. The topological polar surface area (TPSA) is 65.5 Å². The van der Waals surface area contributed by atoms with Crippen LogP contribution in [0.25, 0.3) is 0 Å². The number of nitrogens with zero attached hydrogens (tertiary/aromatic N) is 2. The van der Waals surface area contributed by atoms with Crippen LogP contribution in [0.5, 0.6) is 0 Å². The van der Waals surface area contributed by atoms with Crippen molar-refractivity contribution in [2.75, 3.05) is 26.2 Å². The SMILES string of the molecule is C=C/C=C(\C=C/C)C(=N)/C=C\C(N)=NCCCC1CCN(CC(/C=C\C)=C/C)CC1.CC. The quantitative estimate of drug-likeness (QED) is 0.155. The van der Waals surface area contributed by atoms with E-state index in [2.05, 4.69) is 48.5 Å². The van der Waals surface area contributed by atoms with Crippen LogP contribution in [0, 0.1) is 11.3 Å². The number of nitrogens with two attached hydrogens (primary N) is 1. The minimum Gasteiger partial charge on any atom is -0.384 e. The average Bonchev–Trinajstić information content (AvgIpc) is 2.82. The van der Waals surface area contributed by atoms with Crippen LogP contribution in [0.4, 0.5) is 0 Å². The molecule has 4 nitrogen and oxygen atoms in total. The lowest BCUT2D eigenvalue weighted by molar-refractivity contribution is 0.191. The fourth-order valence-electron chi connectivity index (χ4n) is 3.59. The van der Waals surface area contributed by atoms with Gasteiger partial charge in [-0.05, 0) is 88.8 Å². The predicted octanol–water partition coefficient (Wildman–Crippen LogP) is 6.65. The molecule has 1 fully saturated rings. The van der Waals surface area contributed by atoms with Crippen molar-refractivity contribution in [2.45, 2.75) is 60.3 Å². The molecule has 32 heavy (non-hydrogen) atoms. The molecule has 178 valence electrons. The summed E-state index contributed by atoms with van der Waals surface area (Å²) in [4.78, 5) is 7.01. The molecule has 1 rings (SSSR count). The number of hydrogen-bond donors (Lipinski definition) is 2. The van der Waals surface area contributed by atoms with Crippen LogP contribution in [-0.2, 0) is 0 Å². The minimum atomic E-state index is 0.397. The number of aliphatic imine (C=N–C) groups is 1. The number of nitrogens with one attached hydrogen (secondary N) is 1. The average molecular weight is 439 g/mol. The van der Waals surface area contributed by atoms with Gasteiger partial charge < -0.3 is 11.1 Å².